The molecule has 0 bridgehead atoms. The van der Waals surface area contributed by atoms with Gasteiger partial charge in [-0.3, -0.25) is 9.59 Å². The van der Waals surface area contributed by atoms with Gasteiger partial charge >= 0.3 is 6.18 Å². The van der Waals surface area contributed by atoms with E-state index in [0.717, 1.165) is 0 Å². The molecule has 1 N–H and O–H groups in total. The lowest BCUT2D eigenvalue weighted by molar-refractivity contribution is -0.143. The van der Waals surface area contributed by atoms with E-state index in [1.54, 1.807) is 29.2 Å². The van der Waals surface area contributed by atoms with E-state index in [1.807, 2.05) is 5.32 Å². The lowest BCUT2D eigenvalue weighted by Gasteiger charge is -2.31. The second kappa shape index (κ2) is 8.42. The Morgan fingerprint density at radius 2 is 1.80 bits per heavy atom. The molecule has 1 aromatic carbocycles. The van der Waals surface area contributed by atoms with Crippen LogP contribution in [0.4, 0.5) is 13.2 Å². The molecule has 5 nitrogen and oxygen atoms in total. The maximum atomic E-state index is 12.1. The summed E-state index contributed by atoms with van der Waals surface area (Å²) in [4.78, 5) is 25.4. The smallest absolute Gasteiger partial charge is 0.405 e. The number of nitrogens with zero attached hydrogens (tertiary/aromatic N) is 1. The van der Waals surface area contributed by atoms with E-state index in [0.29, 0.717) is 36.7 Å². The minimum absolute atomic E-state index is 0.146. The van der Waals surface area contributed by atoms with Crippen molar-refractivity contribution >= 4 is 23.4 Å². The Morgan fingerprint density at radius 1 is 1.20 bits per heavy atom. The lowest BCUT2D eigenvalue weighted by atomic mass is 9.96. The van der Waals surface area contributed by atoms with Crippen LogP contribution in [0.5, 0.6) is 5.75 Å². The van der Waals surface area contributed by atoms with Crippen LogP contribution in [0.2, 0.25) is 5.02 Å². The average molecular weight is 379 g/mol. The zero-order chi connectivity index (χ0) is 18.4. The van der Waals surface area contributed by atoms with Crippen molar-refractivity contribution in [2.24, 2.45) is 5.92 Å². The first-order chi connectivity index (χ1) is 11.7. The third-order valence-corrected chi connectivity index (χ3v) is 4.11. The highest BCUT2D eigenvalue weighted by atomic mass is 35.5. The van der Waals surface area contributed by atoms with Crippen LogP contribution in [0.1, 0.15) is 12.8 Å². The largest absolute Gasteiger partial charge is 0.484 e. The van der Waals surface area contributed by atoms with Crippen LogP contribution in [0.25, 0.3) is 0 Å². The SMILES string of the molecule is O=C(NCC(F)(F)F)C1CCN(C(=O)COc2ccc(Cl)cc2)CC1. The molecule has 0 atom stereocenters. The highest BCUT2D eigenvalue weighted by Crippen LogP contribution is 2.20. The third-order valence-electron chi connectivity index (χ3n) is 3.86. The zero-order valence-corrected chi connectivity index (χ0v) is 14.1. The van der Waals surface area contributed by atoms with Crippen LogP contribution in [-0.2, 0) is 9.59 Å². The van der Waals surface area contributed by atoms with Gasteiger partial charge in [0.1, 0.15) is 12.3 Å². The summed E-state index contributed by atoms with van der Waals surface area (Å²) in [5.74, 6) is -0.853. The van der Waals surface area contributed by atoms with Crippen molar-refractivity contribution in [3.8, 4) is 5.75 Å². The molecule has 0 radical (unpaired) electrons. The van der Waals surface area contributed by atoms with Gasteiger partial charge in [-0.1, -0.05) is 11.6 Å². The summed E-state index contributed by atoms with van der Waals surface area (Å²) in [7, 11) is 0. The Kier molecular flexibility index (Phi) is 6.52. The number of alkyl halides is 3. The molecule has 1 heterocycles. The fourth-order valence-corrected chi connectivity index (χ4v) is 2.62. The predicted octanol–water partition coefficient (Wildman–Crippen LogP) is 2.64. The number of carbonyl (C=O) groups excluding carboxylic acids is 2. The van der Waals surface area contributed by atoms with Crippen LogP contribution < -0.4 is 10.1 Å². The van der Waals surface area contributed by atoms with E-state index >= 15 is 0 Å². The minimum Gasteiger partial charge on any atom is -0.484 e. The monoisotopic (exact) mass is 378 g/mol. The Hall–Kier alpha value is -1.96. The molecular formula is C16H18ClF3N2O3. The standard InChI is InChI=1S/C16H18ClF3N2O3/c17-12-1-3-13(4-2-12)25-9-14(23)22-7-5-11(6-8-22)15(24)21-10-16(18,19)20/h1-4,11H,5-10H2,(H,21,24). The average Bonchev–Trinajstić information content (AvgIpc) is 2.58. The van der Waals surface area contributed by atoms with Gasteiger partial charge in [0.05, 0.1) is 0 Å². The number of benzene rings is 1. The number of nitrogens with one attached hydrogen (secondary N) is 1. The molecule has 138 valence electrons. The lowest BCUT2D eigenvalue weighted by Crippen LogP contribution is -2.45. The predicted molar refractivity (Wildman–Crippen MR) is 85.3 cm³/mol. The number of rotatable bonds is 5. The summed E-state index contributed by atoms with van der Waals surface area (Å²) in [5.41, 5.74) is 0. The number of ether oxygens (including phenoxy) is 1. The first-order valence-corrected chi connectivity index (χ1v) is 8.13. The van der Waals surface area contributed by atoms with Crippen LogP contribution in [-0.4, -0.2) is 49.1 Å². The van der Waals surface area contributed by atoms with Gasteiger partial charge in [0, 0.05) is 24.0 Å². The molecule has 2 amide bonds. The Balaban J connectivity index is 1.72. The Morgan fingerprint density at radius 3 is 2.36 bits per heavy atom. The van der Waals surface area contributed by atoms with E-state index in [2.05, 4.69) is 0 Å². The summed E-state index contributed by atoms with van der Waals surface area (Å²) in [6.07, 6.45) is -3.77. The van der Waals surface area contributed by atoms with E-state index in [9.17, 15) is 22.8 Å². The minimum atomic E-state index is -4.43. The number of amides is 2. The van der Waals surface area contributed by atoms with E-state index in [1.165, 1.54) is 0 Å². The van der Waals surface area contributed by atoms with Gasteiger partial charge in [-0.25, -0.2) is 0 Å². The molecule has 0 aliphatic carbocycles. The van der Waals surface area contributed by atoms with Crippen molar-refractivity contribution in [2.75, 3.05) is 26.2 Å². The summed E-state index contributed by atoms with van der Waals surface area (Å²) < 4.78 is 41.7. The molecule has 9 heteroatoms. The molecule has 1 aliphatic heterocycles. The number of hydrogen-bond donors (Lipinski definition) is 1. The summed E-state index contributed by atoms with van der Waals surface area (Å²) >= 11 is 5.76. The normalized spacial score (nSPS) is 15.8. The van der Waals surface area contributed by atoms with Crippen molar-refractivity contribution in [1.29, 1.82) is 0 Å². The molecule has 1 aliphatic rings. The third kappa shape index (κ3) is 6.45. The number of likely N-dealkylation sites (tertiary alicyclic amines) is 1. The molecule has 0 spiro atoms. The van der Waals surface area contributed by atoms with Crippen molar-refractivity contribution in [1.82, 2.24) is 10.2 Å². The molecule has 25 heavy (non-hydrogen) atoms. The number of halogens is 4. The van der Waals surface area contributed by atoms with Gasteiger partial charge < -0.3 is 15.0 Å². The first-order valence-electron chi connectivity index (χ1n) is 7.75. The summed E-state index contributed by atoms with van der Waals surface area (Å²) in [6.45, 7) is -0.855. The maximum absolute atomic E-state index is 12.1. The first kappa shape index (κ1) is 19.4. The van der Waals surface area contributed by atoms with Gasteiger partial charge in [0.25, 0.3) is 5.91 Å². The van der Waals surface area contributed by atoms with Crippen molar-refractivity contribution in [3.63, 3.8) is 0 Å². The van der Waals surface area contributed by atoms with Crippen LogP contribution >= 0.6 is 11.6 Å². The molecule has 0 saturated carbocycles. The molecule has 0 unspecified atom stereocenters. The molecule has 2 rings (SSSR count). The molecule has 1 saturated heterocycles. The highest BCUT2D eigenvalue weighted by Gasteiger charge is 2.31. The second-order valence-corrected chi connectivity index (χ2v) is 6.17. The summed E-state index contributed by atoms with van der Waals surface area (Å²) in [6, 6.07) is 6.58. The van der Waals surface area contributed by atoms with E-state index < -0.39 is 24.5 Å². The van der Waals surface area contributed by atoms with Crippen LogP contribution in [0.15, 0.2) is 24.3 Å². The number of carbonyl (C=O) groups is 2. The van der Waals surface area contributed by atoms with Crippen molar-refractivity contribution < 1.29 is 27.5 Å². The fraction of sp³-hybridized carbons (Fsp3) is 0.500. The fourth-order valence-electron chi connectivity index (χ4n) is 2.49. The number of hydrogen-bond acceptors (Lipinski definition) is 3. The van der Waals surface area contributed by atoms with Gasteiger partial charge in [-0.05, 0) is 37.1 Å². The zero-order valence-electron chi connectivity index (χ0n) is 13.3. The van der Waals surface area contributed by atoms with Crippen molar-refractivity contribution in [2.45, 2.75) is 19.0 Å². The molecule has 1 aromatic rings. The molecule has 1 fully saturated rings. The van der Waals surface area contributed by atoms with Crippen molar-refractivity contribution in [3.05, 3.63) is 29.3 Å². The highest BCUT2D eigenvalue weighted by molar-refractivity contribution is 6.30. The van der Waals surface area contributed by atoms with Gasteiger partial charge in [-0.15, -0.1) is 0 Å². The topological polar surface area (TPSA) is 58.6 Å². The number of piperidine rings is 1. The Bertz CT molecular complexity index is 600. The second-order valence-electron chi connectivity index (χ2n) is 5.73. The summed E-state index contributed by atoms with van der Waals surface area (Å²) in [5, 5.41) is 2.44. The van der Waals surface area contributed by atoms with Gasteiger partial charge in [-0.2, -0.15) is 13.2 Å². The van der Waals surface area contributed by atoms with Crippen LogP contribution in [0, 0.1) is 5.92 Å². The quantitative estimate of drug-likeness (QED) is 0.857. The van der Waals surface area contributed by atoms with E-state index in [4.69, 9.17) is 16.3 Å². The Labute approximate surface area is 148 Å². The maximum Gasteiger partial charge on any atom is 0.405 e. The van der Waals surface area contributed by atoms with Crippen LogP contribution in [0.3, 0.4) is 0 Å². The van der Waals surface area contributed by atoms with Gasteiger partial charge in [0.2, 0.25) is 5.91 Å². The molecule has 0 aromatic heterocycles. The van der Waals surface area contributed by atoms with Gasteiger partial charge in [0.15, 0.2) is 6.61 Å². The molecular weight excluding hydrogens is 361 g/mol. The van der Waals surface area contributed by atoms with E-state index in [-0.39, 0.29) is 12.5 Å².